The molecule has 0 radical (unpaired) electrons. The number of carbonyl (C=O) groups is 2. The highest BCUT2D eigenvalue weighted by Crippen LogP contribution is 2.23. The molecular formula is C28H24Cl2N7O4-. The molecule has 0 saturated carbocycles. The van der Waals surface area contributed by atoms with E-state index < -0.39 is 17.2 Å². The lowest BCUT2D eigenvalue weighted by molar-refractivity contribution is 0.0964. The molecule has 210 valence electrons. The second kappa shape index (κ2) is 15.1. The maximum absolute atomic E-state index is 13.1. The maximum Gasteiger partial charge on any atom is 0.324 e. The van der Waals surface area contributed by atoms with E-state index in [-0.39, 0.29) is 34.9 Å². The van der Waals surface area contributed by atoms with Crippen LogP contribution in [0.25, 0.3) is 6.08 Å². The average molecular weight is 593 g/mol. The van der Waals surface area contributed by atoms with Crippen molar-refractivity contribution in [3.63, 3.8) is 0 Å². The van der Waals surface area contributed by atoms with Crippen LogP contribution in [0.5, 0.6) is 0 Å². The molecule has 0 spiro atoms. The zero-order valence-corrected chi connectivity index (χ0v) is 23.0. The number of rotatable bonds is 11. The third kappa shape index (κ3) is 9.14. The molecule has 3 aromatic carbocycles. The zero-order valence-electron chi connectivity index (χ0n) is 21.5. The summed E-state index contributed by atoms with van der Waals surface area (Å²) in [5.41, 5.74) is 1.37. The van der Waals surface area contributed by atoms with Crippen LogP contribution >= 0.6 is 23.2 Å². The number of benzene rings is 3. The Kier molecular flexibility index (Phi) is 11.3. The first-order chi connectivity index (χ1) is 19.7. The summed E-state index contributed by atoms with van der Waals surface area (Å²) in [4.78, 5) is 27.8. The molecule has 4 N–H and O–H groups in total. The number of urea groups is 1. The molecule has 11 nitrogen and oxygen atoms in total. The first-order valence-electron chi connectivity index (χ1n) is 12.1. The minimum absolute atomic E-state index is 0.00662. The van der Waals surface area contributed by atoms with Crippen molar-refractivity contribution < 1.29 is 14.8 Å². The number of amides is 3. The van der Waals surface area contributed by atoms with Gasteiger partial charge in [-0.15, -0.1) is 0 Å². The van der Waals surface area contributed by atoms with Crippen LogP contribution in [0.1, 0.15) is 28.8 Å². The summed E-state index contributed by atoms with van der Waals surface area (Å²) in [7, 11) is 0. The Hall–Kier alpha value is -4.78. The summed E-state index contributed by atoms with van der Waals surface area (Å²) in [6.45, 7) is 0.903. The van der Waals surface area contributed by atoms with Crippen LogP contribution in [-0.4, -0.2) is 30.2 Å². The molecule has 3 amide bonds. The SMILES string of the molecule is N#CCCN(CCC#N)c1ccc(/C=C(\NC(=O)Nc2ccccc2Cl)NC(=O)c2cc(N([O-])O)ccc2Cl)cc1. The first-order valence-corrected chi connectivity index (χ1v) is 12.9. The third-order valence-electron chi connectivity index (χ3n) is 5.59. The Morgan fingerprint density at radius 1 is 0.902 bits per heavy atom. The molecule has 3 aromatic rings. The van der Waals surface area contributed by atoms with Gasteiger partial charge in [-0.1, -0.05) is 47.5 Å². The van der Waals surface area contributed by atoms with Crippen LogP contribution in [0.3, 0.4) is 0 Å². The Labute approximate surface area is 246 Å². The average Bonchev–Trinajstić information content (AvgIpc) is 2.95. The fourth-order valence-electron chi connectivity index (χ4n) is 3.63. The summed E-state index contributed by atoms with van der Waals surface area (Å²) in [5, 5.41) is 46.1. The highest BCUT2D eigenvalue weighted by atomic mass is 35.5. The fourth-order valence-corrected chi connectivity index (χ4v) is 4.01. The maximum atomic E-state index is 13.1. The van der Waals surface area contributed by atoms with Gasteiger partial charge in [-0.25, -0.2) is 4.79 Å². The molecule has 0 aliphatic rings. The van der Waals surface area contributed by atoms with E-state index in [1.165, 1.54) is 18.2 Å². The van der Waals surface area contributed by atoms with Gasteiger partial charge in [-0.3, -0.25) is 15.3 Å². The van der Waals surface area contributed by atoms with Crippen molar-refractivity contribution in [2.75, 3.05) is 28.5 Å². The monoisotopic (exact) mass is 592 g/mol. The second-order valence-electron chi connectivity index (χ2n) is 8.40. The molecule has 13 heteroatoms. The van der Waals surface area contributed by atoms with E-state index in [1.54, 1.807) is 48.5 Å². The molecule has 0 saturated heterocycles. The molecule has 3 rings (SSSR count). The van der Waals surface area contributed by atoms with Gasteiger partial charge in [0.25, 0.3) is 5.91 Å². The molecule has 41 heavy (non-hydrogen) atoms. The van der Waals surface area contributed by atoms with Crippen LogP contribution < -0.4 is 26.1 Å². The Bertz CT molecular complexity index is 1480. The summed E-state index contributed by atoms with van der Waals surface area (Å²) in [6, 6.07) is 20.7. The molecule has 0 unspecified atom stereocenters. The van der Waals surface area contributed by atoms with E-state index >= 15 is 0 Å². The van der Waals surface area contributed by atoms with Crippen molar-refractivity contribution >= 4 is 58.3 Å². The van der Waals surface area contributed by atoms with Crippen LogP contribution in [0.4, 0.5) is 21.9 Å². The topological polar surface area (TPSA) is 168 Å². The van der Waals surface area contributed by atoms with Gasteiger partial charge >= 0.3 is 6.03 Å². The van der Waals surface area contributed by atoms with Gasteiger partial charge in [-0.2, -0.15) is 10.5 Å². The molecule has 0 aliphatic carbocycles. The Morgan fingerprint density at radius 3 is 2.15 bits per heavy atom. The lowest BCUT2D eigenvalue weighted by Gasteiger charge is -2.23. The predicted octanol–water partition coefficient (Wildman–Crippen LogP) is 5.87. The lowest BCUT2D eigenvalue weighted by atomic mass is 10.1. The minimum atomic E-state index is -0.765. The second-order valence-corrected chi connectivity index (χ2v) is 9.22. The number of anilines is 3. The normalized spacial score (nSPS) is 10.6. The number of nitrogens with zero attached hydrogens (tertiary/aromatic N) is 4. The van der Waals surface area contributed by atoms with Crippen molar-refractivity contribution in [1.29, 1.82) is 10.5 Å². The van der Waals surface area contributed by atoms with E-state index in [0.717, 1.165) is 11.8 Å². The summed E-state index contributed by atoms with van der Waals surface area (Å²) >= 11 is 12.3. The number of nitriles is 2. The number of nitrogens with one attached hydrogen (secondary N) is 3. The molecule has 0 bridgehead atoms. The van der Waals surface area contributed by atoms with Crippen molar-refractivity contribution in [2.24, 2.45) is 0 Å². The molecular weight excluding hydrogens is 569 g/mol. The van der Waals surface area contributed by atoms with Crippen LogP contribution in [-0.2, 0) is 0 Å². The molecule has 0 aliphatic heterocycles. The van der Waals surface area contributed by atoms with E-state index in [4.69, 9.17) is 33.7 Å². The standard InChI is InChI=1S/C28H24Cl2N7O4/c29-23-12-11-21(37(40)41)18-22(23)27(38)34-26(35-28(39)33-25-6-2-1-5-24(25)30)17-19-7-9-20(10-8-19)36(15-3-13-31)16-4-14-32/h1-2,5-12,17-18,40H,3-4,15-16H2,(H,34,38)(H2,33,35,39)/q-1/b26-17-. The van der Waals surface area contributed by atoms with Gasteiger partial charge in [0, 0.05) is 18.8 Å². The number of hydrogen-bond donors (Lipinski definition) is 4. The van der Waals surface area contributed by atoms with Crippen LogP contribution in [0.15, 0.2) is 72.6 Å². The third-order valence-corrected chi connectivity index (χ3v) is 6.25. The predicted molar refractivity (Wildman–Crippen MR) is 157 cm³/mol. The van der Waals surface area contributed by atoms with Crippen LogP contribution in [0.2, 0.25) is 10.0 Å². The summed E-state index contributed by atoms with van der Waals surface area (Å²) < 4.78 is 0. The van der Waals surface area contributed by atoms with E-state index in [0.29, 0.717) is 29.4 Å². The molecule has 0 aromatic heterocycles. The summed E-state index contributed by atoms with van der Waals surface area (Å²) in [5.74, 6) is -0.804. The summed E-state index contributed by atoms with van der Waals surface area (Å²) in [6.07, 6.45) is 2.07. The molecule has 0 atom stereocenters. The van der Waals surface area contributed by atoms with Crippen molar-refractivity contribution in [2.45, 2.75) is 12.8 Å². The quantitative estimate of drug-likeness (QED) is 0.200. The number of hydrogen-bond acceptors (Lipinski definition) is 8. The van der Waals surface area contributed by atoms with Crippen molar-refractivity contribution in [3.05, 3.63) is 98.9 Å². The first kappa shape index (κ1) is 30.8. The molecule has 0 fully saturated rings. The zero-order chi connectivity index (χ0) is 29.8. The van der Waals surface area contributed by atoms with E-state index in [9.17, 15) is 20.0 Å². The lowest BCUT2D eigenvalue weighted by Crippen LogP contribution is -2.37. The highest BCUT2D eigenvalue weighted by Gasteiger charge is 2.16. The number of carbonyl (C=O) groups excluding carboxylic acids is 2. The van der Waals surface area contributed by atoms with Crippen molar-refractivity contribution in [1.82, 2.24) is 10.6 Å². The van der Waals surface area contributed by atoms with Gasteiger partial charge in [-0.05, 0) is 54.1 Å². The highest BCUT2D eigenvalue weighted by molar-refractivity contribution is 6.34. The smallest absolute Gasteiger partial charge is 0.324 e. The largest absolute Gasteiger partial charge is 0.733 e. The molecule has 0 heterocycles. The van der Waals surface area contributed by atoms with Gasteiger partial charge in [0.1, 0.15) is 5.82 Å². The van der Waals surface area contributed by atoms with Gasteiger partial charge in [0.2, 0.25) is 0 Å². The minimum Gasteiger partial charge on any atom is -0.733 e. The Balaban J connectivity index is 1.89. The van der Waals surface area contributed by atoms with Crippen LogP contribution in [0, 0.1) is 27.9 Å². The fraction of sp³-hybridized carbons (Fsp3) is 0.143. The van der Waals surface area contributed by atoms with Crippen molar-refractivity contribution in [3.8, 4) is 12.1 Å². The number of halogens is 2. The van der Waals surface area contributed by atoms with Gasteiger partial charge in [0.15, 0.2) is 0 Å². The number of para-hydroxylation sites is 1. The van der Waals surface area contributed by atoms with Gasteiger partial charge < -0.3 is 26.0 Å². The Morgan fingerprint density at radius 2 is 1.54 bits per heavy atom. The van der Waals surface area contributed by atoms with E-state index in [1.807, 2.05) is 4.90 Å². The van der Waals surface area contributed by atoms with E-state index in [2.05, 4.69) is 28.1 Å². The van der Waals surface area contributed by atoms with Gasteiger partial charge in [0.05, 0.1) is 52.0 Å².